The van der Waals surface area contributed by atoms with Crippen molar-refractivity contribution in [3.05, 3.63) is 22.4 Å². The van der Waals surface area contributed by atoms with Crippen molar-refractivity contribution in [1.82, 2.24) is 5.43 Å². The zero-order chi connectivity index (χ0) is 12.0. The molecule has 0 aliphatic rings. The van der Waals surface area contributed by atoms with Gasteiger partial charge in [0.05, 0.1) is 6.04 Å². The van der Waals surface area contributed by atoms with Crippen molar-refractivity contribution in [2.45, 2.75) is 18.6 Å². The zero-order valence-electron chi connectivity index (χ0n) is 8.46. The Balaban J connectivity index is 2.25. The molecular weight excluding hydrogens is 241 g/mol. The Hall–Kier alpha value is -0.630. The summed E-state index contributed by atoms with van der Waals surface area (Å²) in [5.74, 6) is 5.31. The molecule has 0 saturated carbocycles. The van der Waals surface area contributed by atoms with Crippen LogP contribution in [0, 0.1) is 0 Å². The van der Waals surface area contributed by atoms with E-state index >= 15 is 0 Å². The minimum Gasteiger partial charge on any atom is -0.372 e. The summed E-state index contributed by atoms with van der Waals surface area (Å²) in [6.07, 6.45) is -3.86. The highest BCUT2D eigenvalue weighted by atomic mass is 32.1. The van der Waals surface area contributed by atoms with Gasteiger partial charge in [0.15, 0.2) is 0 Å². The van der Waals surface area contributed by atoms with E-state index in [-0.39, 0.29) is 12.6 Å². The molecule has 0 aliphatic heterocycles. The second kappa shape index (κ2) is 6.19. The van der Waals surface area contributed by atoms with Crippen LogP contribution in [0.15, 0.2) is 17.5 Å². The van der Waals surface area contributed by atoms with E-state index in [1.165, 1.54) is 11.3 Å². The molecule has 0 aromatic carbocycles. The SMILES string of the molecule is NNC(CCOCC(F)(F)F)c1cccs1. The molecule has 0 spiro atoms. The third kappa shape index (κ3) is 4.93. The quantitative estimate of drug-likeness (QED) is 0.465. The van der Waals surface area contributed by atoms with Crippen LogP contribution in [-0.2, 0) is 4.74 Å². The first kappa shape index (κ1) is 13.4. The maximum Gasteiger partial charge on any atom is 0.411 e. The predicted molar refractivity (Wildman–Crippen MR) is 55.9 cm³/mol. The Morgan fingerprint density at radius 2 is 2.25 bits per heavy atom. The highest BCUT2D eigenvalue weighted by Gasteiger charge is 2.27. The number of alkyl halides is 3. The number of hydrazine groups is 1. The average molecular weight is 254 g/mol. The molecule has 0 bridgehead atoms. The molecule has 1 atom stereocenters. The van der Waals surface area contributed by atoms with Crippen LogP contribution in [0.1, 0.15) is 17.3 Å². The van der Waals surface area contributed by atoms with E-state index in [1.54, 1.807) is 0 Å². The van der Waals surface area contributed by atoms with Crippen LogP contribution < -0.4 is 11.3 Å². The lowest BCUT2D eigenvalue weighted by atomic mass is 10.2. The van der Waals surface area contributed by atoms with Crippen LogP contribution in [-0.4, -0.2) is 19.4 Å². The second-order valence-electron chi connectivity index (χ2n) is 3.19. The third-order valence-corrected chi connectivity index (χ3v) is 2.89. The Bertz CT molecular complexity index is 289. The molecule has 3 nitrogen and oxygen atoms in total. The first-order valence-corrected chi connectivity index (χ1v) is 5.55. The van der Waals surface area contributed by atoms with Gasteiger partial charge in [-0.25, -0.2) is 0 Å². The molecule has 1 heterocycles. The van der Waals surface area contributed by atoms with Crippen LogP contribution >= 0.6 is 11.3 Å². The number of thiophene rings is 1. The highest BCUT2D eigenvalue weighted by Crippen LogP contribution is 2.21. The third-order valence-electron chi connectivity index (χ3n) is 1.90. The number of rotatable bonds is 6. The average Bonchev–Trinajstić information content (AvgIpc) is 2.69. The molecule has 92 valence electrons. The van der Waals surface area contributed by atoms with Crippen molar-refractivity contribution in [1.29, 1.82) is 0 Å². The van der Waals surface area contributed by atoms with Crippen molar-refractivity contribution in [2.24, 2.45) is 5.84 Å². The van der Waals surface area contributed by atoms with Crippen LogP contribution in [0.5, 0.6) is 0 Å². The summed E-state index contributed by atoms with van der Waals surface area (Å²) in [6.45, 7) is -1.19. The van der Waals surface area contributed by atoms with Gasteiger partial charge in [0, 0.05) is 11.5 Å². The lowest BCUT2D eigenvalue weighted by molar-refractivity contribution is -0.174. The van der Waals surface area contributed by atoms with Gasteiger partial charge in [0.25, 0.3) is 0 Å². The van der Waals surface area contributed by atoms with Gasteiger partial charge >= 0.3 is 6.18 Å². The second-order valence-corrected chi connectivity index (χ2v) is 4.17. The monoisotopic (exact) mass is 254 g/mol. The van der Waals surface area contributed by atoms with E-state index in [0.29, 0.717) is 6.42 Å². The molecule has 0 aliphatic carbocycles. The molecule has 7 heteroatoms. The van der Waals surface area contributed by atoms with Crippen molar-refractivity contribution in [2.75, 3.05) is 13.2 Å². The fourth-order valence-electron chi connectivity index (χ4n) is 1.19. The summed E-state index contributed by atoms with van der Waals surface area (Å²) in [7, 11) is 0. The molecule has 3 N–H and O–H groups in total. The van der Waals surface area contributed by atoms with Crippen LogP contribution in [0.2, 0.25) is 0 Å². The van der Waals surface area contributed by atoms with Crippen molar-refractivity contribution >= 4 is 11.3 Å². The highest BCUT2D eigenvalue weighted by molar-refractivity contribution is 7.10. The van der Waals surface area contributed by atoms with E-state index in [4.69, 9.17) is 5.84 Å². The molecule has 1 aromatic rings. The first-order chi connectivity index (χ1) is 7.53. The van der Waals surface area contributed by atoms with E-state index in [0.717, 1.165) is 4.88 Å². The number of nitrogens with one attached hydrogen (secondary N) is 1. The van der Waals surface area contributed by atoms with Gasteiger partial charge in [-0.05, 0) is 17.9 Å². The van der Waals surface area contributed by atoms with Crippen molar-refractivity contribution in [3.63, 3.8) is 0 Å². The fourth-order valence-corrected chi connectivity index (χ4v) is 2.01. The molecule has 0 fully saturated rings. The molecule has 0 saturated heterocycles. The molecular formula is C9H13F3N2OS. The summed E-state index contributed by atoms with van der Waals surface area (Å²) in [5.41, 5.74) is 2.55. The number of hydrogen-bond acceptors (Lipinski definition) is 4. The summed E-state index contributed by atoms with van der Waals surface area (Å²) < 4.78 is 39.8. The van der Waals surface area contributed by atoms with Gasteiger partial charge in [-0.15, -0.1) is 11.3 Å². The predicted octanol–water partition coefficient (Wildman–Crippen LogP) is 2.22. The van der Waals surface area contributed by atoms with Crippen molar-refractivity contribution in [3.8, 4) is 0 Å². The summed E-state index contributed by atoms with van der Waals surface area (Å²) in [5, 5.41) is 1.89. The summed E-state index contributed by atoms with van der Waals surface area (Å²) >= 11 is 1.50. The van der Waals surface area contributed by atoms with E-state index in [9.17, 15) is 13.2 Å². The van der Waals surface area contributed by atoms with Crippen LogP contribution in [0.3, 0.4) is 0 Å². The molecule has 0 amide bonds. The Morgan fingerprint density at radius 3 is 2.75 bits per heavy atom. The minimum absolute atomic E-state index is 0.0201. The summed E-state index contributed by atoms with van der Waals surface area (Å²) in [6, 6.07) is 3.58. The van der Waals surface area contributed by atoms with Gasteiger partial charge in [0.1, 0.15) is 6.61 Å². The van der Waals surface area contributed by atoms with Crippen molar-refractivity contribution < 1.29 is 17.9 Å². The standard InChI is InChI=1S/C9H13F3N2OS/c10-9(11,12)6-15-4-3-7(14-13)8-2-1-5-16-8/h1-2,5,7,14H,3-4,6,13H2. The van der Waals surface area contributed by atoms with Gasteiger partial charge in [0.2, 0.25) is 0 Å². The van der Waals surface area contributed by atoms with Crippen LogP contribution in [0.4, 0.5) is 13.2 Å². The number of ether oxygens (including phenoxy) is 1. The Morgan fingerprint density at radius 1 is 1.50 bits per heavy atom. The maximum atomic E-state index is 11.8. The smallest absolute Gasteiger partial charge is 0.372 e. The molecule has 1 unspecified atom stereocenters. The number of halogens is 3. The van der Waals surface area contributed by atoms with Gasteiger partial charge in [-0.2, -0.15) is 13.2 Å². The van der Waals surface area contributed by atoms with E-state index in [1.807, 2.05) is 17.5 Å². The Kier molecular flexibility index (Phi) is 5.20. The zero-order valence-corrected chi connectivity index (χ0v) is 9.27. The molecule has 0 radical (unpaired) electrons. The maximum absolute atomic E-state index is 11.8. The molecule has 1 aromatic heterocycles. The largest absolute Gasteiger partial charge is 0.411 e. The lowest BCUT2D eigenvalue weighted by Crippen LogP contribution is -2.29. The molecule has 1 rings (SSSR count). The Labute approximate surface area is 95.4 Å². The minimum atomic E-state index is -4.27. The van der Waals surface area contributed by atoms with Crippen LogP contribution in [0.25, 0.3) is 0 Å². The van der Waals surface area contributed by atoms with Gasteiger partial charge in [-0.3, -0.25) is 11.3 Å². The fraction of sp³-hybridized carbons (Fsp3) is 0.556. The summed E-state index contributed by atoms with van der Waals surface area (Å²) in [4.78, 5) is 0.984. The molecule has 16 heavy (non-hydrogen) atoms. The number of hydrogen-bond donors (Lipinski definition) is 2. The van der Waals surface area contributed by atoms with Gasteiger partial charge < -0.3 is 4.74 Å². The number of nitrogens with two attached hydrogens (primary N) is 1. The van der Waals surface area contributed by atoms with E-state index < -0.39 is 12.8 Å². The first-order valence-electron chi connectivity index (χ1n) is 4.67. The normalized spacial score (nSPS) is 14.0. The topological polar surface area (TPSA) is 47.3 Å². The van der Waals surface area contributed by atoms with E-state index in [2.05, 4.69) is 10.2 Å². The lowest BCUT2D eigenvalue weighted by Gasteiger charge is -2.14. The van der Waals surface area contributed by atoms with Gasteiger partial charge in [-0.1, -0.05) is 6.07 Å².